The first-order valence-electron chi connectivity index (χ1n) is 8.71. The van der Waals surface area contributed by atoms with Gasteiger partial charge in [-0.3, -0.25) is 4.79 Å². The van der Waals surface area contributed by atoms with Crippen LogP contribution in [0.2, 0.25) is 0 Å². The van der Waals surface area contributed by atoms with Gasteiger partial charge in [0.05, 0.1) is 20.3 Å². The molecule has 26 heavy (non-hydrogen) atoms. The van der Waals surface area contributed by atoms with Crippen LogP contribution in [0, 0.1) is 0 Å². The van der Waals surface area contributed by atoms with Crippen LogP contribution in [0.15, 0.2) is 24.8 Å². The Hall–Kier alpha value is -2.50. The molecule has 0 bridgehead atoms. The number of ketones is 1. The van der Waals surface area contributed by atoms with Crippen LogP contribution < -0.4 is 9.47 Å². The third-order valence-electron chi connectivity index (χ3n) is 3.95. The van der Waals surface area contributed by atoms with Crippen LogP contribution in [0.3, 0.4) is 0 Å². The molecule has 0 saturated carbocycles. The van der Waals surface area contributed by atoms with Gasteiger partial charge in [-0.1, -0.05) is 6.08 Å². The minimum absolute atomic E-state index is 0.0411. The van der Waals surface area contributed by atoms with Gasteiger partial charge >= 0.3 is 5.97 Å². The first-order chi connectivity index (χ1) is 12.4. The molecule has 0 aliphatic heterocycles. The average Bonchev–Trinajstić information content (AvgIpc) is 2.60. The second-order valence-corrected chi connectivity index (χ2v) is 6.05. The van der Waals surface area contributed by atoms with Crippen molar-refractivity contribution in [2.75, 3.05) is 14.2 Å². The van der Waals surface area contributed by atoms with Crippen LogP contribution in [0.1, 0.15) is 55.8 Å². The summed E-state index contributed by atoms with van der Waals surface area (Å²) in [5, 5.41) is 10.1. The number of methoxy groups -OCH3 is 2. The number of phenols is 1. The summed E-state index contributed by atoms with van der Waals surface area (Å²) < 4.78 is 15.5. The molecule has 0 aromatic heterocycles. The Morgan fingerprint density at radius 3 is 2.50 bits per heavy atom. The highest BCUT2D eigenvalue weighted by molar-refractivity contribution is 5.96. The first-order valence-corrected chi connectivity index (χ1v) is 8.71. The number of esters is 1. The Bertz CT molecular complexity index is 623. The zero-order valence-corrected chi connectivity index (χ0v) is 15.7. The number of aromatic hydroxyl groups is 1. The largest absolute Gasteiger partial charge is 0.507 e. The lowest BCUT2D eigenvalue weighted by Gasteiger charge is -2.16. The molecule has 0 radical (unpaired) electrons. The molecular weight excluding hydrogens is 336 g/mol. The number of allylic oxidation sites excluding steroid dienone is 1. The Morgan fingerprint density at radius 1 is 1.19 bits per heavy atom. The van der Waals surface area contributed by atoms with E-state index < -0.39 is 5.97 Å². The van der Waals surface area contributed by atoms with Gasteiger partial charge in [-0.25, -0.2) is 4.79 Å². The van der Waals surface area contributed by atoms with Crippen LogP contribution >= 0.6 is 0 Å². The monoisotopic (exact) mass is 364 g/mol. The molecule has 1 atom stereocenters. The minimum Gasteiger partial charge on any atom is -0.507 e. The van der Waals surface area contributed by atoms with Crippen molar-refractivity contribution in [3.05, 3.63) is 30.4 Å². The number of benzene rings is 1. The molecule has 0 amide bonds. The van der Waals surface area contributed by atoms with Gasteiger partial charge in [0.2, 0.25) is 0 Å². The van der Waals surface area contributed by atoms with Gasteiger partial charge in [-0.15, -0.1) is 6.58 Å². The molecule has 0 fully saturated rings. The van der Waals surface area contributed by atoms with Crippen molar-refractivity contribution < 1.29 is 28.9 Å². The van der Waals surface area contributed by atoms with E-state index in [0.717, 1.165) is 12.8 Å². The molecule has 6 nitrogen and oxygen atoms in total. The molecule has 0 aliphatic carbocycles. The van der Waals surface area contributed by atoms with Crippen molar-refractivity contribution in [3.8, 4) is 17.2 Å². The highest BCUT2D eigenvalue weighted by atomic mass is 16.5. The summed E-state index contributed by atoms with van der Waals surface area (Å²) in [4.78, 5) is 24.1. The summed E-state index contributed by atoms with van der Waals surface area (Å²) in [6, 6.07) is 2.83. The number of ether oxygens (including phenoxy) is 3. The van der Waals surface area contributed by atoms with Gasteiger partial charge in [0.1, 0.15) is 28.6 Å². The maximum atomic E-state index is 12.3. The summed E-state index contributed by atoms with van der Waals surface area (Å²) in [7, 11) is 2.85. The van der Waals surface area contributed by atoms with Gasteiger partial charge in [0.25, 0.3) is 0 Å². The summed E-state index contributed by atoms with van der Waals surface area (Å²) in [5.74, 6) is -0.183. The topological polar surface area (TPSA) is 82.1 Å². The zero-order valence-electron chi connectivity index (χ0n) is 15.7. The van der Waals surface area contributed by atoms with E-state index in [4.69, 9.17) is 14.2 Å². The van der Waals surface area contributed by atoms with E-state index in [0.29, 0.717) is 31.4 Å². The number of rotatable bonds is 12. The van der Waals surface area contributed by atoms with E-state index in [1.807, 2.05) is 0 Å². The van der Waals surface area contributed by atoms with Gasteiger partial charge < -0.3 is 19.3 Å². The van der Waals surface area contributed by atoms with Crippen LogP contribution in [-0.4, -0.2) is 37.2 Å². The molecule has 0 aliphatic rings. The van der Waals surface area contributed by atoms with Gasteiger partial charge in [-0.2, -0.15) is 0 Å². The fraction of sp³-hybridized carbons (Fsp3) is 0.500. The van der Waals surface area contributed by atoms with Crippen molar-refractivity contribution in [3.63, 3.8) is 0 Å². The molecule has 0 saturated heterocycles. The Kier molecular flexibility index (Phi) is 9.26. The second-order valence-electron chi connectivity index (χ2n) is 6.05. The highest BCUT2D eigenvalue weighted by Gasteiger charge is 2.22. The normalized spacial score (nSPS) is 11.5. The quantitative estimate of drug-likeness (QED) is 0.342. The van der Waals surface area contributed by atoms with Crippen molar-refractivity contribution in [1.82, 2.24) is 0 Å². The lowest BCUT2D eigenvalue weighted by Crippen LogP contribution is -2.16. The maximum Gasteiger partial charge on any atom is 0.346 e. The molecule has 0 spiro atoms. The van der Waals surface area contributed by atoms with Crippen LogP contribution in [-0.2, 0) is 9.53 Å². The number of unbranched alkanes of at least 4 members (excludes halogenated alkanes) is 1. The first kappa shape index (κ1) is 21.5. The summed E-state index contributed by atoms with van der Waals surface area (Å²) in [6.07, 6.45) is 5.32. The molecule has 0 unspecified atom stereocenters. The standard InChI is InChI=1S/C20H28O6/c1-5-6-7-10-15(21)11-8-9-14(2)26-20(23)19-17(22)12-16(24-3)13-18(19)25-4/h5,12-14,22H,1,6-11H2,2-4H3/t14-/m0/s1. The molecule has 6 heteroatoms. The number of hydrogen-bond donors (Lipinski definition) is 1. The zero-order chi connectivity index (χ0) is 19.5. The molecule has 1 rings (SSSR count). The van der Waals surface area contributed by atoms with Gasteiger partial charge in [0, 0.05) is 25.0 Å². The van der Waals surface area contributed by atoms with E-state index in [1.165, 1.54) is 26.4 Å². The van der Waals surface area contributed by atoms with Crippen LogP contribution in [0.25, 0.3) is 0 Å². The molecule has 0 heterocycles. The predicted molar refractivity (Wildman–Crippen MR) is 99.0 cm³/mol. The average molecular weight is 364 g/mol. The van der Waals surface area contributed by atoms with Crippen LogP contribution in [0.4, 0.5) is 0 Å². The van der Waals surface area contributed by atoms with Gasteiger partial charge in [-0.05, 0) is 32.6 Å². The fourth-order valence-corrected chi connectivity index (χ4v) is 2.52. The maximum absolute atomic E-state index is 12.3. The number of phenolic OH excluding ortho intramolecular Hbond substituents is 1. The lowest BCUT2D eigenvalue weighted by atomic mass is 10.1. The Morgan fingerprint density at radius 2 is 1.88 bits per heavy atom. The highest BCUT2D eigenvalue weighted by Crippen LogP contribution is 2.34. The van der Waals surface area contributed by atoms with Crippen molar-refractivity contribution in [1.29, 1.82) is 0 Å². The molecule has 1 N–H and O–H groups in total. The minimum atomic E-state index is -0.674. The Balaban J connectivity index is 2.54. The summed E-state index contributed by atoms with van der Waals surface area (Å²) in [5.41, 5.74) is -0.0411. The molecule has 144 valence electrons. The number of carbonyl (C=O) groups is 2. The smallest absolute Gasteiger partial charge is 0.346 e. The number of carbonyl (C=O) groups excluding carboxylic acids is 2. The SMILES string of the molecule is C=CCCCC(=O)CCC[C@H](C)OC(=O)c1c(O)cc(OC)cc1OC. The molecule has 1 aromatic rings. The van der Waals surface area contributed by atoms with E-state index in [-0.39, 0.29) is 28.9 Å². The Labute approximate surface area is 154 Å². The lowest BCUT2D eigenvalue weighted by molar-refractivity contribution is -0.119. The third-order valence-corrected chi connectivity index (χ3v) is 3.95. The second kappa shape index (κ2) is 11.2. The summed E-state index contributed by atoms with van der Waals surface area (Å²) >= 11 is 0. The van der Waals surface area contributed by atoms with Crippen molar-refractivity contribution in [2.24, 2.45) is 0 Å². The fourth-order valence-electron chi connectivity index (χ4n) is 2.52. The molecule has 1 aromatic carbocycles. The molecular formula is C20H28O6. The van der Waals surface area contributed by atoms with E-state index >= 15 is 0 Å². The van der Waals surface area contributed by atoms with E-state index in [1.54, 1.807) is 13.0 Å². The summed E-state index contributed by atoms with van der Waals surface area (Å²) in [6.45, 7) is 5.39. The van der Waals surface area contributed by atoms with Crippen molar-refractivity contribution in [2.45, 2.75) is 51.6 Å². The van der Waals surface area contributed by atoms with E-state index in [2.05, 4.69) is 6.58 Å². The number of hydrogen-bond acceptors (Lipinski definition) is 6. The predicted octanol–water partition coefficient (Wildman–Crippen LogP) is 4.05. The van der Waals surface area contributed by atoms with E-state index in [9.17, 15) is 14.7 Å². The van der Waals surface area contributed by atoms with Crippen molar-refractivity contribution >= 4 is 11.8 Å². The van der Waals surface area contributed by atoms with Gasteiger partial charge in [0.15, 0.2) is 0 Å². The van der Waals surface area contributed by atoms with Crippen LogP contribution in [0.5, 0.6) is 17.2 Å². The third kappa shape index (κ3) is 6.78. The number of Topliss-reactive ketones (excluding diaryl/α,β-unsaturated/α-hetero) is 1.